The summed E-state index contributed by atoms with van der Waals surface area (Å²) in [4.78, 5) is 28.2. The van der Waals surface area contributed by atoms with Gasteiger partial charge in [0.15, 0.2) is 15.8 Å². The number of ether oxygens (including phenoxy) is 3. The molecule has 6 rings (SSSR count). The predicted molar refractivity (Wildman–Crippen MR) is 151 cm³/mol. The Balaban J connectivity index is 1.38. The molecule has 208 valence electrons. The molecule has 0 radical (unpaired) electrons. The molecule has 0 spiro atoms. The Hall–Kier alpha value is -4.42. The Bertz CT molecular complexity index is 1660. The molecule has 1 aromatic heterocycles. The lowest BCUT2D eigenvalue weighted by atomic mass is 9.95. The molecule has 1 amide bonds. The van der Waals surface area contributed by atoms with E-state index in [0.717, 1.165) is 16.9 Å². The molecular weight excluding hydrogens is 569 g/mol. The van der Waals surface area contributed by atoms with E-state index in [1.807, 2.05) is 0 Å². The minimum Gasteiger partial charge on any atom is -0.507 e. The monoisotopic (exact) mass is 591 g/mol. The molecule has 0 bridgehead atoms. The van der Waals surface area contributed by atoms with E-state index in [2.05, 4.69) is 10.2 Å². The number of thioether (sulfide) groups is 1. The van der Waals surface area contributed by atoms with Gasteiger partial charge in [0, 0.05) is 11.3 Å². The number of ketones is 1. The van der Waals surface area contributed by atoms with Crippen LogP contribution in [-0.2, 0) is 15.3 Å². The van der Waals surface area contributed by atoms with E-state index in [9.17, 15) is 19.1 Å². The summed E-state index contributed by atoms with van der Waals surface area (Å²) in [6.07, 6.45) is 0. The first-order valence-corrected chi connectivity index (χ1v) is 14.3. The smallest absolute Gasteiger partial charge is 0.301 e. The highest BCUT2D eigenvalue weighted by molar-refractivity contribution is 8.00. The zero-order valence-electron chi connectivity index (χ0n) is 21.6. The van der Waals surface area contributed by atoms with Crippen molar-refractivity contribution in [1.29, 1.82) is 0 Å². The van der Waals surface area contributed by atoms with Gasteiger partial charge in [-0.1, -0.05) is 47.4 Å². The molecule has 3 heterocycles. The summed E-state index contributed by atoms with van der Waals surface area (Å²) in [6, 6.07) is 16.9. The van der Waals surface area contributed by atoms with Gasteiger partial charge in [-0.2, -0.15) is 0 Å². The van der Waals surface area contributed by atoms with Crippen molar-refractivity contribution < 1.29 is 33.3 Å². The second-order valence-corrected chi connectivity index (χ2v) is 11.2. The van der Waals surface area contributed by atoms with E-state index in [1.54, 1.807) is 54.6 Å². The molecule has 41 heavy (non-hydrogen) atoms. The number of benzene rings is 3. The summed E-state index contributed by atoms with van der Waals surface area (Å²) in [5.41, 5.74) is 1.68. The zero-order chi connectivity index (χ0) is 28.5. The van der Waals surface area contributed by atoms with Gasteiger partial charge < -0.3 is 19.3 Å². The number of carbonyl (C=O) groups is 2. The van der Waals surface area contributed by atoms with Gasteiger partial charge in [0.05, 0.1) is 18.7 Å². The van der Waals surface area contributed by atoms with Crippen LogP contribution in [0.3, 0.4) is 0 Å². The molecule has 1 atom stereocenters. The van der Waals surface area contributed by atoms with E-state index in [4.69, 9.17) is 14.2 Å². The van der Waals surface area contributed by atoms with E-state index in [-0.39, 0.29) is 22.3 Å². The topological polar surface area (TPSA) is 111 Å². The van der Waals surface area contributed by atoms with Crippen molar-refractivity contribution in [1.82, 2.24) is 10.2 Å². The van der Waals surface area contributed by atoms with Crippen molar-refractivity contribution in [3.63, 3.8) is 0 Å². The molecule has 0 saturated carbocycles. The second kappa shape index (κ2) is 11.2. The number of aliphatic hydroxyl groups excluding tert-OH is 1. The third-order valence-corrected chi connectivity index (χ3v) is 8.70. The molecule has 1 fully saturated rings. The van der Waals surface area contributed by atoms with Gasteiger partial charge in [-0.3, -0.25) is 14.5 Å². The first-order valence-electron chi connectivity index (χ1n) is 12.5. The van der Waals surface area contributed by atoms with Crippen LogP contribution in [0.2, 0.25) is 0 Å². The van der Waals surface area contributed by atoms with Crippen molar-refractivity contribution in [2.45, 2.75) is 16.1 Å². The third kappa shape index (κ3) is 5.23. The molecule has 2 aliphatic rings. The Morgan fingerprint density at radius 2 is 1.78 bits per heavy atom. The summed E-state index contributed by atoms with van der Waals surface area (Å²) in [6.45, 7) is 0.763. The summed E-state index contributed by atoms with van der Waals surface area (Å²) in [7, 11) is 1.54. The minimum absolute atomic E-state index is 0.0902. The Morgan fingerprint density at radius 3 is 2.51 bits per heavy atom. The van der Waals surface area contributed by atoms with Crippen molar-refractivity contribution >= 4 is 45.7 Å². The van der Waals surface area contributed by atoms with Crippen molar-refractivity contribution in [3.8, 4) is 17.2 Å². The number of carbonyl (C=O) groups excluding carboxylic acids is 2. The number of aliphatic hydroxyl groups is 1. The van der Waals surface area contributed by atoms with E-state index in [0.29, 0.717) is 51.7 Å². The lowest BCUT2D eigenvalue weighted by Crippen LogP contribution is -2.29. The van der Waals surface area contributed by atoms with Gasteiger partial charge in [0.2, 0.25) is 5.13 Å². The molecule has 0 unspecified atom stereocenters. The fourth-order valence-corrected chi connectivity index (χ4v) is 6.38. The highest BCUT2D eigenvalue weighted by Gasteiger charge is 2.48. The molecule has 4 aromatic rings. The number of anilines is 1. The largest absolute Gasteiger partial charge is 0.507 e. The summed E-state index contributed by atoms with van der Waals surface area (Å²) >= 11 is 2.52. The van der Waals surface area contributed by atoms with Crippen LogP contribution in [0, 0.1) is 5.82 Å². The van der Waals surface area contributed by atoms with Gasteiger partial charge in [0.1, 0.15) is 30.5 Å². The number of fused-ring (bicyclic) bond motifs is 1. The number of hydrogen-bond acceptors (Lipinski definition) is 10. The minimum atomic E-state index is -0.975. The Labute approximate surface area is 242 Å². The lowest BCUT2D eigenvalue weighted by Gasteiger charge is -2.23. The number of Topliss-reactive ketones (excluding diaryl/α,β-unsaturated/α-hetero) is 1. The number of amides is 1. The van der Waals surface area contributed by atoms with Gasteiger partial charge in [-0.15, -0.1) is 10.2 Å². The molecule has 3 aromatic carbocycles. The zero-order valence-corrected chi connectivity index (χ0v) is 23.2. The lowest BCUT2D eigenvalue weighted by molar-refractivity contribution is -0.132. The first kappa shape index (κ1) is 26.8. The normalized spacial score (nSPS) is 17.6. The fourth-order valence-electron chi connectivity index (χ4n) is 4.56. The molecule has 1 saturated heterocycles. The quantitative estimate of drug-likeness (QED) is 0.0996. The van der Waals surface area contributed by atoms with E-state index < -0.39 is 17.7 Å². The fraction of sp³-hybridized carbons (Fsp3) is 0.172. The number of rotatable bonds is 7. The van der Waals surface area contributed by atoms with Crippen LogP contribution < -0.4 is 19.1 Å². The van der Waals surface area contributed by atoms with Crippen LogP contribution in [0.25, 0.3) is 5.76 Å². The molecule has 1 N–H and O–H groups in total. The maximum Gasteiger partial charge on any atom is 0.301 e. The van der Waals surface area contributed by atoms with Crippen LogP contribution in [0.15, 0.2) is 76.6 Å². The predicted octanol–water partition coefficient (Wildman–Crippen LogP) is 5.38. The number of methoxy groups -OCH3 is 1. The molecule has 2 aliphatic heterocycles. The molecule has 12 heteroatoms. The number of hydrogen-bond donors (Lipinski definition) is 1. The van der Waals surface area contributed by atoms with Crippen LogP contribution in [0.5, 0.6) is 17.2 Å². The maximum absolute atomic E-state index is 13.5. The third-order valence-electron chi connectivity index (χ3n) is 6.57. The van der Waals surface area contributed by atoms with Gasteiger partial charge in [-0.05, 0) is 53.6 Å². The highest BCUT2D eigenvalue weighted by atomic mass is 32.2. The standard InChI is InChI=1S/C29H22FN3O6S2/c1-37-20-9-4-17(5-10-20)24-23(25(34)18-6-11-21-22(14-18)39-13-12-38-21)26(35)27(36)33(24)28-31-32-29(41-28)40-15-16-2-7-19(30)8-3-16/h2-11,14,24,34H,12-13,15H2,1H3/t24-/m0/s1. The van der Waals surface area contributed by atoms with Crippen LogP contribution in [0.4, 0.5) is 9.52 Å². The maximum atomic E-state index is 13.5. The van der Waals surface area contributed by atoms with Gasteiger partial charge in [-0.25, -0.2) is 4.39 Å². The van der Waals surface area contributed by atoms with Crippen LogP contribution >= 0.6 is 23.1 Å². The van der Waals surface area contributed by atoms with E-state index in [1.165, 1.54) is 35.9 Å². The number of aromatic nitrogens is 2. The summed E-state index contributed by atoms with van der Waals surface area (Å²) < 4.78 is 30.3. The average molecular weight is 592 g/mol. The summed E-state index contributed by atoms with van der Waals surface area (Å²) in [5.74, 6) is -0.291. The van der Waals surface area contributed by atoms with E-state index >= 15 is 0 Å². The van der Waals surface area contributed by atoms with Crippen molar-refractivity contribution in [2.75, 3.05) is 25.2 Å². The Morgan fingerprint density at radius 1 is 1.05 bits per heavy atom. The Kier molecular flexibility index (Phi) is 7.33. The average Bonchev–Trinajstić information content (AvgIpc) is 3.58. The molecule has 0 aliphatic carbocycles. The van der Waals surface area contributed by atoms with Crippen molar-refractivity contribution in [3.05, 3.63) is 94.8 Å². The summed E-state index contributed by atoms with van der Waals surface area (Å²) in [5, 5.41) is 20.1. The molecule has 9 nitrogen and oxygen atoms in total. The first-order chi connectivity index (χ1) is 19.9. The highest BCUT2D eigenvalue weighted by Crippen LogP contribution is 2.45. The SMILES string of the molecule is COc1ccc([C@H]2C(=C(O)c3ccc4c(c3)OCCO4)C(=O)C(=O)N2c2nnc(SCc3ccc(F)cc3)s2)cc1. The van der Waals surface area contributed by atoms with Gasteiger partial charge in [0.25, 0.3) is 5.78 Å². The van der Waals surface area contributed by atoms with Crippen molar-refractivity contribution in [2.24, 2.45) is 0 Å². The molecular formula is C29H22FN3O6S2. The van der Waals surface area contributed by atoms with Crippen LogP contribution in [-0.4, -0.2) is 47.3 Å². The van der Waals surface area contributed by atoms with Crippen LogP contribution in [0.1, 0.15) is 22.7 Å². The van der Waals surface area contributed by atoms with Gasteiger partial charge >= 0.3 is 5.91 Å². The number of halogens is 1. The number of nitrogens with zero attached hydrogens (tertiary/aromatic N) is 3. The second-order valence-electron chi connectivity index (χ2n) is 9.07.